The Morgan fingerprint density at radius 2 is 1.75 bits per heavy atom. The number of anilines is 1. The van der Waals surface area contributed by atoms with Crippen LogP contribution < -0.4 is 21.1 Å². The average molecular weight is 791 g/mol. The van der Waals surface area contributed by atoms with Crippen LogP contribution in [0.2, 0.25) is 0 Å². The summed E-state index contributed by atoms with van der Waals surface area (Å²) in [5.74, 6) is -1.34. The summed E-state index contributed by atoms with van der Waals surface area (Å²) >= 11 is 0. The minimum Gasteiger partial charge on any atom is -0.494 e. The summed E-state index contributed by atoms with van der Waals surface area (Å²) in [6.45, 7) is 2.61. The summed E-state index contributed by atoms with van der Waals surface area (Å²) in [5, 5.41) is 10.5. The maximum Gasteiger partial charge on any atom is 0.433 e. The third kappa shape index (κ3) is 7.51. The van der Waals surface area contributed by atoms with Crippen molar-refractivity contribution >= 4 is 45.3 Å². The fraction of sp³-hybridized carbons (Fsp3) is 0.450. The lowest BCUT2D eigenvalue weighted by Gasteiger charge is -2.37. The number of carbonyl (C=O) groups excluding carboxylic acids is 3. The molecule has 2 N–H and O–H groups in total. The zero-order chi connectivity index (χ0) is 40.2. The lowest BCUT2D eigenvalue weighted by Crippen LogP contribution is -2.44. The summed E-state index contributed by atoms with van der Waals surface area (Å²) < 4.78 is 64.9. The number of piperidine rings is 2. The lowest BCUT2D eigenvalue weighted by atomic mass is 9.84. The van der Waals surface area contributed by atoms with Crippen LogP contribution in [0.3, 0.4) is 0 Å². The number of ether oxygens (including phenoxy) is 1. The molecule has 1 unspecified atom stereocenters. The highest BCUT2D eigenvalue weighted by atomic mass is 19.4. The number of aryl methyl sites for hydroxylation is 1. The molecule has 5 heterocycles. The number of nitrogens with one attached hydrogen (secondary N) is 2. The van der Waals surface area contributed by atoms with E-state index in [1.54, 1.807) is 19.2 Å². The largest absolute Gasteiger partial charge is 0.494 e. The molecule has 300 valence electrons. The number of methoxy groups -OCH3 is 1. The van der Waals surface area contributed by atoms with Crippen LogP contribution in [0.15, 0.2) is 53.5 Å². The molecule has 2 aromatic carbocycles. The van der Waals surface area contributed by atoms with Gasteiger partial charge in [0.25, 0.3) is 5.91 Å². The molecule has 3 aliphatic rings. The predicted molar refractivity (Wildman–Crippen MR) is 201 cm³/mol. The minimum atomic E-state index is -4.68. The van der Waals surface area contributed by atoms with Crippen molar-refractivity contribution < 1.29 is 36.7 Å². The topological polar surface area (TPSA) is 145 Å². The van der Waals surface area contributed by atoms with E-state index in [1.807, 2.05) is 10.9 Å². The van der Waals surface area contributed by atoms with Crippen molar-refractivity contribution in [2.24, 2.45) is 13.0 Å². The molecular formula is C40H42F4N8O5. The number of imidazole rings is 1. The van der Waals surface area contributed by atoms with E-state index in [0.717, 1.165) is 81.2 Å². The fourth-order valence-electron chi connectivity index (χ4n) is 8.87. The Labute approximate surface area is 324 Å². The van der Waals surface area contributed by atoms with E-state index in [0.29, 0.717) is 28.2 Å². The summed E-state index contributed by atoms with van der Waals surface area (Å²) in [6.07, 6.45) is 3.00. The van der Waals surface area contributed by atoms with Crippen molar-refractivity contribution in [2.45, 2.75) is 75.5 Å². The van der Waals surface area contributed by atoms with E-state index < -0.39 is 41.2 Å². The van der Waals surface area contributed by atoms with E-state index >= 15 is 4.39 Å². The number of fused-ring (bicyclic) bond motifs is 2. The van der Waals surface area contributed by atoms with Crippen LogP contribution in [0.1, 0.15) is 91.1 Å². The van der Waals surface area contributed by atoms with Crippen molar-refractivity contribution in [3.63, 3.8) is 0 Å². The van der Waals surface area contributed by atoms with Crippen LogP contribution in [0, 0.1) is 11.7 Å². The van der Waals surface area contributed by atoms with Crippen molar-refractivity contribution in [1.29, 1.82) is 0 Å². The Morgan fingerprint density at radius 3 is 2.46 bits per heavy atom. The van der Waals surface area contributed by atoms with Crippen LogP contribution in [0.25, 0.3) is 21.9 Å². The summed E-state index contributed by atoms with van der Waals surface area (Å²) in [7, 11) is 3.08. The molecule has 2 aliphatic heterocycles. The zero-order valence-electron chi connectivity index (χ0n) is 31.4. The number of likely N-dealkylation sites (tertiary alicyclic amines) is 1. The van der Waals surface area contributed by atoms with Gasteiger partial charge < -0.3 is 15.0 Å². The lowest BCUT2D eigenvalue weighted by molar-refractivity contribution is -0.141. The first-order valence-electron chi connectivity index (χ1n) is 19.2. The molecule has 1 atom stereocenters. The second-order valence-corrected chi connectivity index (χ2v) is 15.4. The number of benzene rings is 2. The highest BCUT2D eigenvalue weighted by Crippen LogP contribution is 2.38. The van der Waals surface area contributed by atoms with Gasteiger partial charge in [0.15, 0.2) is 0 Å². The van der Waals surface area contributed by atoms with Crippen LogP contribution >= 0.6 is 0 Å². The molecule has 1 aliphatic carbocycles. The van der Waals surface area contributed by atoms with Gasteiger partial charge in [0.05, 0.1) is 35.4 Å². The summed E-state index contributed by atoms with van der Waals surface area (Å²) in [6, 6.07) is 8.66. The van der Waals surface area contributed by atoms with E-state index in [1.165, 1.54) is 34.4 Å². The normalized spacial score (nSPS) is 21.3. The molecule has 5 aromatic rings. The van der Waals surface area contributed by atoms with E-state index in [-0.39, 0.29) is 42.1 Å². The number of imide groups is 1. The fourth-order valence-corrected chi connectivity index (χ4v) is 8.87. The molecule has 0 bridgehead atoms. The third-order valence-corrected chi connectivity index (χ3v) is 11.8. The molecule has 3 amide bonds. The molecule has 2 saturated heterocycles. The maximum absolute atomic E-state index is 15.1. The van der Waals surface area contributed by atoms with Crippen molar-refractivity contribution in [1.82, 2.24) is 34.1 Å². The van der Waals surface area contributed by atoms with Gasteiger partial charge in [-0.15, -0.1) is 0 Å². The van der Waals surface area contributed by atoms with Crippen LogP contribution in [-0.4, -0.2) is 73.3 Å². The van der Waals surface area contributed by atoms with Crippen molar-refractivity contribution in [3.05, 3.63) is 81.9 Å². The van der Waals surface area contributed by atoms with Crippen LogP contribution in [-0.2, 0) is 22.8 Å². The van der Waals surface area contributed by atoms with Gasteiger partial charge in [0.2, 0.25) is 11.8 Å². The predicted octanol–water partition coefficient (Wildman–Crippen LogP) is 6.09. The van der Waals surface area contributed by atoms with Gasteiger partial charge in [-0.05, 0) is 106 Å². The average Bonchev–Trinajstić information content (AvgIpc) is 3.71. The highest BCUT2D eigenvalue weighted by molar-refractivity contribution is 6.05. The Bertz CT molecular complexity index is 2440. The monoisotopic (exact) mass is 790 g/mol. The van der Waals surface area contributed by atoms with Crippen molar-refractivity contribution in [3.8, 4) is 5.75 Å². The van der Waals surface area contributed by atoms with Crippen LogP contribution in [0.5, 0.6) is 5.75 Å². The number of hydrogen-bond acceptors (Lipinski definition) is 8. The standard InChI is InChI=1S/C40H42F4N8O5/c1-49-36-27(17-25(41)18-32(36)52(39(49)56)31-10-11-35(53)47-38(31)55)23-12-14-50(15-13-23)20-22-6-8-26(9-7-22)51-21-24-16-30(33(57-2)19-29(24)48-51)46-37(54)28-4-3-5-34(45-28)40(42,43)44/h3-5,16-19,21-23,26,31H,6-15,20H2,1-2H3,(H,46,54)(H,47,53,55)/t22-,26-,31?. The maximum atomic E-state index is 15.1. The first kappa shape index (κ1) is 38.3. The number of nitrogens with zero attached hydrogens (tertiary/aromatic N) is 6. The van der Waals surface area contributed by atoms with Gasteiger partial charge in [-0.2, -0.15) is 18.3 Å². The molecule has 8 rings (SSSR count). The molecule has 1 saturated carbocycles. The number of aromatic nitrogens is 5. The number of carbonyl (C=O) groups is 3. The number of pyridine rings is 1. The molecule has 3 fully saturated rings. The van der Waals surface area contributed by atoms with E-state index in [9.17, 15) is 32.3 Å². The molecule has 57 heavy (non-hydrogen) atoms. The smallest absolute Gasteiger partial charge is 0.433 e. The summed E-state index contributed by atoms with van der Waals surface area (Å²) in [4.78, 5) is 56.7. The van der Waals surface area contributed by atoms with E-state index in [2.05, 4.69) is 20.5 Å². The zero-order valence-corrected chi connectivity index (χ0v) is 31.4. The van der Waals surface area contributed by atoms with Gasteiger partial charge in [-0.1, -0.05) is 6.07 Å². The first-order chi connectivity index (χ1) is 27.3. The minimum absolute atomic E-state index is 0.0389. The van der Waals surface area contributed by atoms with E-state index in [4.69, 9.17) is 9.84 Å². The number of halogens is 4. The van der Waals surface area contributed by atoms with Gasteiger partial charge in [-0.25, -0.2) is 14.2 Å². The molecule has 3 aromatic heterocycles. The molecule has 0 radical (unpaired) electrons. The Balaban J connectivity index is 0.887. The molecular weight excluding hydrogens is 748 g/mol. The number of hydrogen-bond donors (Lipinski definition) is 2. The Kier molecular flexibility index (Phi) is 10.1. The van der Waals surface area contributed by atoms with Gasteiger partial charge in [0.1, 0.15) is 29.0 Å². The SMILES string of the molecule is COc1cc2nn([C@H]3CC[C@H](CN4CCC(c5cc(F)cc6c5n(C)c(=O)n6C5CCC(=O)NC5=O)CC4)CC3)cc2cc1NC(=O)c1cccc(C(F)(F)F)n1. The second-order valence-electron chi connectivity index (χ2n) is 15.4. The van der Waals surface area contributed by atoms with Gasteiger partial charge in [0, 0.05) is 37.7 Å². The van der Waals surface area contributed by atoms with Crippen molar-refractivity contribution in [2.75, 3.05) is 32.1 Å². The third-order valence-electron chi connectivity index (χ3n) is 11.8. The number of rotatable bonds is 8. The van der Waals surface area contributed by atoms with Gasteiger partial charge >= 0.3 is 11.9 Å². The Hall–Kier alpha value is -5.58. The second kappa shape index (κ2) is 15.1. The number of alkyl halides is 3. The summed E-state index contributed by atoms with van der Waals surface area (Å²) in [5.41, 5.74) is 0.776. The van der Waals surface area contributed by atoms with Gasteiger partial charge in [-0.3, -0.25) is 33.5 Å². The molecule has 17 heteroatoms. The number of amides is 3. The Morgan fingerprint density at radius 1 is 1.00 bits per heavy atom. The molecule has 0 spiro atoms. The van der Waals surface area contributed by atoms with Crippen LogP contribution in [0.4, 0.5) is 23.2 Å². The molecule has 13 nitrogen and oxygen atoms in total. The highest BCUT2D eigenvalue weighted by Gasteiger charge is 2.35. The quantitative estimate of drug-likeness (QED) is 0.142. The first-order valence-corrected chi connectivity index (χ1v) is 19.2.